The van der Waals surface area contributed by atoms with Gasteiger partial charge in [-0.15, -0.1) is 0 Å². The normalized spacial score (nSPS) is 17.3. The number of fused-ring (bicyclic) bond motifs is 3. The molecule has 0 bridgehead atoms. The van der Waals surface area contributed by atoms with E-state index in [2.05, 4.69) is 41.9 Å². The van der Waals surface area contributed by atoms with Crippen molar-refractivity contribution < 1.29 is 27.6 Å². The summed E-state index contributed by atoms with van der Waals surface area (Å²) in [6.45, 7) is 6.18. The molecule has 3 amide bonds. The van der Waals surface area contributed by atoms with Crippen LogP contribution in [-0.2, 0) is 19.3 Å². The highest BCUT2D eigenvalue weighted by Crippen LogP contribution is 2.42. The van der Waals surface area contributed by atoms with Gasteiger partial charge in [0, 0.05) is 43.8 Å². The van der Waals surface area contributed by atoms with Gasteiger partial charge in [0.05, 0.1) is 55.3 Å². The minimum absolute atomic E-state index is 0.0905. The van der Waals surface area contributed by atoms with Gasteiger partial charge in [-0.1, -0.05) is 175 Å². The van der Waals surface area contributed by atoms with E-state index in [1.807, 2.05) is 61.5 Å². The number of aromatic nitrogens is 6. The van der Waals surface area contributed by atoms with E-state index in [0.717, 1.165) is 169 Å². The van der Waals surface area contributed by atoms with E-state index < -0.39 is 0 Å². The van der Waals surface area contributed by atoms with Gasteiger partial charge in [0.2, 0.25) is 0 Å². The number of carbonyl (C=O) groups is 3. The Labute approximate surface area is 677 Å². The van der Waals surface area contributed by atoms with Crippen molar-refractivity contribution in [2.75, 3.05) is 0 Å². The van der Waals surface area contributed by atoms with Crippen LogP contribution in [0.1, 0.15) is 236 Å². The minimum Gasteiger partial charge on any atom is -0.348 e. The fourth-order valence-corrected chi connectivity index (χ4v) is 17.6. The number of hydrogen-bond donors (Lipinski definition) is 3. The van der Waals surface area contributed by atoms with Crippen LogP contribution in [0.4, 0.5) is 13.2 Å². The smallest absolute Gasteiger partial charge is 0.272 e. The second-order valence-electron chi connectivity index (χ2n) is 29.8. The van der Waals surface area contributed by atoms with Crippen molar-refractivity contribution in [1.82, 2.24) is 45.3 Å². The Morgan fingerprint density at radius 3 is 0.982 bits per heavy atom. The largest absolute Gasteiger partial charge is 0.348 e. The molecule has 0 unspecified atom stereocenters. The third-order valence-corrected chi connectivity index (χ3v) is 23.6. The second-order valence-corrected chi connectivity index (χ2v) is 32.3. The summed E-state index contributed by atoms with van der Waals surface area (Å²) in [6, 6.07) is 45.0. The average molecular weight is 1620 g/mol. The summed E-state index contributed by atoms with van der Waals surface area (Å²) in [6.07, 6.45) is 28.6. The Morgan fingerprint density at radius 2 is 0.676 bits per heavy atom. The van der Waals surface area contributed by atoms with Crippen molar-refractivity contribution in [2.24, 2.45) is 11.8 Å². The second kappa shape index (κ2) is 37.3. The molecule has 7 aromatic carbocycles. The third-order valence-electron chi connectivity index (χ3n) is 22.0. The van der Waals surface area contributed by atoms with E-state index in [4.69, 9.17) is 84.9 Å². The quantitative estimate of drug-likeness (QED) is 0.0873. The maximum Gasteiger partial charge on any atom is 0.272 e. The van der Waals surface area contributed by atoms with Crippen LogP contribution >= 0.6 is 69.6 Å². The summed E-state index contributed by atoms with van der Waals surface area (Å²) in [4.78, 5) is 40.9. The molecule has 3 N–H and O–H groups in total. The van der Waals surface area contributed by atoms with E-state index in [-0.39, 0.29) is 53.3 Å². The van der Waals surface area contributed by atoms with E-state index >= 15 is 0 Å². The molecule has 0 spiro atoms. The van der Waals surface area contributed by atoms with Gasteiger partial charge < -0.3 is 16.0 Å². The summed E-state index contributed by atoms with van der Waals surface area (Å²) in [5.74, 6) is -0.341. The first-order valence-corrected chi connectivity index (χ1v) is 41.1. The molecule has 5 aliphatic rings. The van der Waals surface area contributed by atoms with Crippen molar-refractivity contribution in [1.29, 1.82) is 0 Å². The standard InChI is InChI=1S/2C30H32Cl2FN3O.C30H26Cl2FN3O/c3*1-19(21-7-3-2-4-8-21)34-30(37)28-25-10-6-5-9-22(17-20-11-14-24(33)15-12-20)29(25)36(35-28)27-16-13-23(31)18-26(27)32/h2*11-19,21H,2-10H2,1H3,(H,34,37);2-4,7-8,11-19H,5-6,9-10H2,1H3,(H,34,37)/b3*22-17+/t3*19-/m100/s1. The molecule has 2 fully saturated rings. The third kappa shape index (κ3) is 19.7. The predicted octanol–water partition coefficient (Wildman–Crippen LogP) is 24.6. The number of rotatable bonds is 15. The SMILES string of the molecule is C[C@@H](NC(=O)c1nn(-c2ccc(Cl)cc2Cl)c2c1CCCC/C2=C\c1ccc(F)cc1)C1CCCCC1.C[C@H](NC(=O)c1nn(-c2ccc(Cl)cc2Cl)c2c1CCCC/C2=C\c1ccc(F)cc1)C1CCCCC1.C[C@H](NC(=O)c1nn(-c2ccc(Cl)cc2Cl)c2c1CCCC/C2=C\c1ccc(F)cc1)c1ccccc1. The number of amides is 3. The topological polar surface area (TPSA) is 141 Å². The Hall–Kier alpha value is -8.67. The van der Waals surface area contributed by atoms with Gasteiger partial charge in [-0.3, -0.25) is 14.4 Å². The zero-order valence-corrected chi connectivity index (χ0v) is 67.0. The first kappa shape index (κ1) is 80.4. The maximum absolute atomic E-state index is 13.7. The highest BCUT2D eigenvalue weighted by molar-refractivity contribution is 6.37. The highest BCUT2D eigenvalue weighted by atomic mass is 35.5. The number of nitrogens with zero attached hydrogens (tertiary/aromatic N) is 6. The molecule has 3 atom stereocenters. The molecule has 111 heavy (non-hydrogen) atoms. The van der Waals surface area contributed by atoms with Crippen LogP contribution < -0.4 is 16.0 Å². The fraction of sp³-hybridized carbons (Fsp3) is 0.333. The first-order valence-electron chi connectivity index (χ1n) is 38.8. The van der Waals surface area contributed by atoms with Gasteiger partial charge in [0.25, 0.3) is 17.7 Å². The Kier molecular flexibility index (Phi) is 27.0. The molecule has 2 saturated carbocycles. The number of carbonyl (C=O) groups excluding carboxylic acids is 3. The molecule has 12 nitrogen and oxygen atoms in total. The molecule has 0 saturated heterocycles. The van der Waals surface area contributed by atoms with E-state index in [0.29, 0.717) is 82.5 Å². The Bertz CT molecular complexity index is 4880. The molecule has 3 aromatic heterocycles. The lowest BCUT2D eigenvalue weighted by molar-refractivity contribution is 0.0904. The molecule has 3 heterocycles. The lowest BCUT2D eigenvalue weighted by Crippen LogP contribution is -2.39. The molecule has 15 rings (SSSR count). The first-order chi connectivity index (χ1) is 53.7. The van der Waals surface area contributed by atoms with Crippen LogP contribution in [-0.4, -0.2) is 59.1 Å². The fourth-order valence-electron chi connectivity index (χ4n) is 16.1. The van der Waals surface area contributed by atoms with Crippen molar-refractivity contribution in [2.45, 2.75) is 180 Å². The zero-order chi connectivity index (χ0) is 77.8. The molecule has 10 aromatic rings. The highest BCUT2D eigenvalue weighted by Gasteiger charge is 2.34. The maximum atomic E-state index is 13.7. The van der Waals surface area contributed by atoms with E-state index in [1.54, 1.807) is 86.8 Å². The number of nitrogens with one attached hydrogen (secondary N) is 3. The van der Waals surface area contributed by atoms with Crippen molar-refractivity contribution in [3.05, 3.63) is 278 Å². The van der Waals surface area contributed by atoms with Crippen LogP contribution in [0.2, 0.25) is 30.1 Å². The van der Waals surface area contributed by atoms with Gasteiger partial charge in [-0.2, -0.15) is 15.3 Å². The summed E-state index contributed by atoms with van der Waals surface area (Å²) < 4.78 is 46.0. The van der Waals surface area contributed by atoms with Crippen LogP contribution in [0.5, 0.6) is 0 Å². The van der Waals surface area contributed by atoms with Crippen LogP contribution in [0, 0.1) is 29.3 Å². The zero-order valence-electron chi connectivity index (χ0n) is 62.5. The van der Waals surface area contributed by atoms with Gasteiger partial charge in [-0.25, -0.2) is 27.2 Å². The summed E-state index contributed by atoms with van der Waals surface area (Å²) >= 11 is 38.5. The van der Waals surface area contributed by atoms with Crippen LogP contribution in [0.3, 0.4) is 0 Å². The summed E-state index contributed by atoms with van der Waals surface area (Å²) in [5.41, 5.74) is 15.5. The van der Waals surface area contributed by atoms with E-state index in [9.17, 15) is 27.6 Å². The Balaban J connectivity index is 0.000000146. The molecule has 0 radical (unpaired) electrons. The lowest BCUT2D eigenvalue weighted by Gasteiger charge is -2.28. The molecule has 21 heteroatoms. The average Bonchev–Trinajstić information content (AvgIpc) is 1.63. The van der Waals surface area contributed by atoms with Crippen molar-refractivity contribution >= 4 is 122 Å². The number of allylic oxidation sites excluding steroid dienone is 3. The molecule has 0 aliphatic heterocycles. The molecular weight excluding hydrogens is 1520 g/mol. The van der Waals surface area contributed by atoms with Crippen LogP contribution in [0.25, 0.3) is 52.0 Å². The Morgan fingerprint density at radius 1 is 0.378 bits per heavy atom. The minimum atomic E-state index is -0.284. The number of benzene rings is 7. The van der Waals surface area contributed by atoms with E-state index in [1.165, 1.54) is 74.9 Å². The van der Waals surface area contributed by atoms with Crippen LogP contribution in [0.15, 0.2) is 158 Å². The van der Waals surface area contributed by atoms with Gasteiger partial charge in [-0.05, 0) is 284 Å². The van der Waals surface area contributed by atoms with Gasteiger partial charge in [0.15, 0.2) is 17.1 Å². The molecule has 576 valence electrons. The molecular formula is C90H90Cl6F3N9O3. The van der Waals surface area contributed by atoms with Gasteiger partial charge in [0.1, 0.15) is 17.5 Å². The van der Waals surface area contributed by atoms with Gasteiger partial charge >= 0.3 is 0 Å². The van der Waals surface area contributed by atoms with Crippen molar-refractivity contribution in [3.8, 4) is 17.1 Å². The molecule has 5 aliphatic carbocycles. The summed E-state index contributed by atoms with van der Waals surface area (Å²) in [5, 5.41) is 27.2. The summed E-state index contributed by atoms with van der Waals surface area (Å²) in [7, 11) is 0. The lowest BCUT2D eigenvalue weighted by atomic mass is 9.84. The number of hydrogen-bond acceptors (Lipinski definition) is 6. The van der Waals surface area contributed by atoms with Crippen molar-refractivity contribution in [3.63, 3.8) is 0 Å². The monoisotopic (exact) mass is 1610 g/mol. The predicted molar refractivity (Wildman–Crippen MR) is 446 cm³/mol. The number of halogens is 9.